The van der Waals surface area contributed by atoms with Gasteiger partial charge in [-0.2, -0.15) is 5.10 Å². The second-order valence-corrected chi connectivity index (χ2v) is 7.78. The van der Waals surface area contributed by atoms with Crippen molar-refractivity contribution < 1.29 is 10.2 Å². The van der Waals surface area contributed by atoms with E-state index in [0.29, 0.717) is 18.3 Å². The lowest BCUT2D eigenvalue weighted by molar-refractivity contribution is 0.0306. The van der Waals surface area contributed by atoms with E-state index < -0.39 is 0 Å². The third-order valence-corrected chi connectivity index (χ3v) is 5.88. The predicted octanol–water partition coefficient (Wildman–Crippen LogP) is 2.06. The molecule has 1 aromatic carbocycles. The van der Waals surface area contributed by atoms with Crippen molar-refractivity contribution in [3.05, 3.63) is 53.9 Å². The van der Waals surface area contributed by atoms with Gasteiger partial charge in [-0.05, 0) is 48.4 Å². The second-order valence-electron chi connectivity index (χ2n) is 7.78. The maximum Gasteiger partial charge on any atom is 0.0781 e. The Morgan fingerprint density at radius 1 is 1.11 bits per heavy atom. The van der Waals surface area contributed by atoms with E-state index in [1.165, 1.54) is 5.56 Å². The number of aliphatic hydroxyl groups is 2. The molecule has 1 aliphatic carbocycles. The Morgan fingerprint density at radius 2 is 1.89 bits per heavy atom. The lowest BCUT2D eigenvalue weighted by Gasteiger charge is -2.35. The van der Waals surface area contributed by atoms with Crippen LogP contribution in [-0.4, -0.2) is 50.7 Å². The SMILES string of the molecule is OCCC#Cc1ccc(CN2C[C@H]3C[C@@H](n4cccn4)[C@H](O)C[C@H]3C2)cc1. The standard InChI is InChI=1S/C22H27N3O2/c26-11-2-1-4-17-5-7-18(8-6-17)14-24-15-19-12-21(25-10-3-9-23-25)22(27)13-20(19)16-24/h3,5-10,19-22,26-27H,2,11-16H2/t19-,20+,21-,22-/m1/s1. The highest BCUT2D eigenvalue weighted by Crippen LogP contribution is 2.41. The van der Waals surface area contributed by atoms with E-state index in [2.05, 4.69) is 46.1 Å². The quantitative estimate of drug-likeness (QED) is 0.815. The largest absolute Gasteiger partial charge is 0.395 e. The monoisotopic (exact) mass is 365 g/mol. The molecule has 2 fully saturated rings. The minimum atomic E-state index is -0.303. The van der Waals surface area contributed by atoms with Gasteiger partial charge in [0, 0.05) is 44.0 Å². The summed E-state index contributed by atoms with van der Waals surface area (Å²) in [5.41, 5.74) is 2.29. The van der Waals surface area contributed by atoms with E-state index in [-0.39, 0.29) is 18.8 Å². The highest BCUT2D eigenvalue weighted by Gasteiger charge is 2.42. The number of aliphatic hydroxyl groups excluding tert-OH is 2. The maximum absolute atomic E-state index is 10.6. The van der Waals surface area contributed by atoms with Crippen LogP contribution in [0.1, 0.15) is 36.4 Å². The van der Waals surface area contributed by atoms with Gasteiger partial charge in [0.2, 0.25) is 0 Å². The number of benzene rings is 1. The molecule has 0 spiro atoms. The fourth-order valence-corrected chi connectivity index (χ4v) is 4.57. The highest BCUT2D eigenvalue weighted by atomic mass is 16.3. The van der Waals surface area contributed by atoms with Crippen LogP contribution in [0.5, 0.6) is 0 Å². The van der Waals surface area contributed by atoms with Crippen molar-refractivity contribution >= 4 is 0 Å². The van der Waals surface area contributed by atoms with E-state index in [0.717, 1.165) is 38.0 Å². The van der Waals surface area contributed by atoms with Crippen LogP contribution in [0.25, 0.3) is 0 Å². The average molecular weight is 365 g/mol. The zero-order valence-corrected chi connectivity index (χ0v) is 15.5. The van der Waals surface area contributed by atoms with Crippen molar-refractivity contribution in [3.8, 4) is 11.8 Å². The van der Waals surface area contributed by atoms with E-state index >= 15 is 0 Å². The molecule has 5 heteroatoms. The van der Waals surface area contributed by atoms with Gasteiger partial charge in [-0.15, -0.1) is 0 Å². The van der Waals surface area contributed by atoms with Gasteiger partial charge >= 0.3 is 0 Å². The predicted molar refractivity (Wildman–Crippen MR) is 104 cm³/mol. The highest BCUT2D eigenvalue weighted by molar-refractivity contribution is 5.36. The first-order chi connectivity index (χ1) is 13.2. The lowest BCUT2D eigenvalue weighted by atomic mass is 9.77. The minimum absolute atomic E-state index is 0.109. The molecule has 2 aromatic rings. The number of nitrogens with zero attached hydrogens (tertiary/aromatic N) is 3. The summed E-state index contributed by atoms with van der Waals surface area (Å²) >= 11 is 0. The van der Waals surface area contributed by atoms with Crippen molar-refractivity contribution in [2.75, 3.05) is 19.7 Å². The number of hydrogen-bond donors (Lipinski definition) is 2. The van der Waals surface area contributed by atoms with Crippen LogP contribution in [0, 0.1) is 23.7 Å². The Bertz CT molecular complexity index is 791. The molecule has 2 aliphatic rings. The third kappa shape index (κ3) is 4.24. The molecule has 0 amide bonds. The van der Waals surface area contributed by atoms with Crippen LogP contribution in [0.4, 0.5) is 0 Å². The van der Waals surface area contributed by atoms with Gasteiger partial charge in [-0.1, -0.05) is 24.0 Å². The molecule has 0 radical (unpaired) electrons. The van der Waals surface area contributed by atoms with Crippen LogP contribution < -0.4 is 0 Å². The Balaban J connectivity index is 1.35. The van der Waals surface area contributed by atoms with Gasteiger partial charge in [-0.3, -0.25) is 9.58 Å². The molecule has 0 bridgehead atoms. The Hall–Kier alpha value is -2.13. The summed E-state index contributed by atoms with van der Waals surface area (Å²) in [6, 6.07) is 10.4. The molecule has 27 heavy (non-hydrogen) atoms. The summed E-state index contributed by atoms with van der Waals surface area (Å²) in [6.45, 7) is 3.21. The summed E-state index contributed by atoms with van der Waals surface area (Å²) < 4.78 is 1.93. The summed E-state index contributed by atoms with van der Waals surface area (Å²) in [5.74, 6) is 7.24. The van der Waals surface area contributed by atoms with E-state index in [4.69, 9.17) is 5.11 Å². The number of likely N-dealkylation sites (tertiary alicyclic amines) is 1. The zero-order valence-electron chi connectivity index (χ0n) is 15.5. The topological polar surface area (TPSA) is 61.5 Å². The molecule has 0 unspecified atom stereocenters. The molecular weight excluding hydrogens is 338 g/mol. The molecule has 2 heterocycles. The smallest absolute Gasteiger partial charge is 0.0781 e. The van der Waals surface area contributed by atoms with Crippen LogP contribution in [-0.2, 0) is 6.54 Å². The maximum atomic E-state index is 10.6. The molecule has 1 saturated heterocycles. The molecule has 4 atom stereocenters. The molecule has 2 N–H and O–H groups in total. The molecule has 1 saturated carbocycles. The van der Waals surface area contributed by atoms with Crippen LogP contribution in [0.2, 0.25) is 0 Å². The van der Waals surface area contributed by atoms with Gasteiger partial charge in [0.25, 0.3) is 0 Å². The fraction of sp³-hybridized carbons (Fsp3) is 0.500. The van der Waals surface area contributed by atoms with Crippen molar-refractivity contribution in [1.29, 1.82) is 0 Å². The number of aromatic nitrogens is 2. The molecule has 4 rings (SSSR count). The molecule has 5 nitrogen and oxygen atoms in total. The summed E-state index contributed by atoms with van der Waals surface area (Å²) in [5, 5.41) is 23.7. The minimum Gasteiger partial charge on any atom is -0.395 e. The van der Waals surface area contributed by atoms with Gasteiger partial charge in [0.1, 0.15) is 0 Å². The van der Waals surface area contributed by atoms with Crippen molar-refractivity contribution in [1.82, 2.24) is 14.7 Å². The Labute approximate surface area is 160 Å². The number of hydrogen-bond acceptors (Lipinski definition) is 4. The van der Waals surface area contributed by atoms with E-state index in [1.807, 2.05) is 16.9 Å². The molecule has 1 aromatic heterocycles. The van der Waals surface area contributed by atoms with E-state index in [9.17, 15) is 5.11 Å². The van der Waals surface area contributed by atoms with Crippen LogP contribution in [0.15, 0.2) is 42.7 Å². The van der Waals surface area contributed by atoms with Crippen molar-refractivity contribution in [3.63, 3.8) is 0 Å². The average Bonchev–Trinajstić information content (AvgIpc) is 3.32. The summed E-state index contributed by atoms with van der Waals surface area (Å²) in [6.07, 6.45) is 5.84. The van der Waals surface area contributed by atoms with Gasteiger partial charge in [-0.25, -0.2) is 0 Å². The Morgan fingerprint density at radius 3 is 2.59 bits per heavy atom. The Kier molecular flexibility index (Phi) is 5.58. The van der Waals surface area contributed by atoms with Crippen LogP contribution in [0.3, 0.4) is 0 Å². The lowest BCUT2D eigenvalue weighted by Crippen LogP contribution is -2.36. The fourth-order valence-electron chi connectivity index (χ4n) is 4.57. The van der Waals surface area contributed by atoms with Gasteiger partial charge < -0.3 is 10.2 Å². The summed E-state index contributed by atoms with van der Waals surface area (Å²) in [7, 11) is 0. The third-order valence-electron chi connectivity index (χ3n) is 5.88. The zero-order chi connectivity index (χ0) is 18.6. The van der Waals surface area contributed by atoms with Crippen molar-refractivity contribution in [2.24, 2.45) is 11.8 Å². The summed E-state index contributed by atoms with van der Waals surface area (Å²) in [4.78, 5) is 2.51. The van der Waals surface area contributed by atoms with Crippen molar-refractivity contribution in [2.45, 2.75) is 38.0 Å². The van der Waals surface area contributed by atoms with Crippen LogP contribution >= 0.6 is 0 Å². The van der Waals surface area contributed by atoms with Gasteiger partial charge in [0.05, 0.1) is 18.8 Å². The first kappa shape index (κ1) is 18.2. The second kappa shape index (κ2) is 8.26. The molecule has 1 aliphatic heterocycles. The van der Waals surface area contributed by atoms with Gasteiger partial charge in [0.15, 0.2) is 0 Å². The number of fused-ring (bicyclic) bond motifs is 1. The normalized spacial score (nSPS) is 27.8. The molecule has 142 valence electrons. The first-order valence-electron chi connectivity index (χ1n) is 9.81. The molecular formula is C22H27N3O2. The first-order valence-corrected chi connectivity index (χ1v) is 9.81. The number of rotatable bonds is 4. The van der Waals surface area contributed by atoms with E-state index in [1.54, 1.807) is 6.20 Å².